The molecule has 5 heteroatoms. The van der Waals surface area contributed by atoms with Gasteiger partial charge in [0.2, 0.25) is 0 Å². The Labute approximate surface area is 380 Å². The van der Waals surface area contributed by atoms with E-state index >= 15 is 0 Å². The lowest BCUT2D eigenvalue weighted by Gasteiger charge is -2.35. The number of benzene rings is 9. The highest BCUT2D eigenvalue weighted by Gasteiger charge is 2.42. The molecule has 9 aromatic carbocycles. The predicted octanol–water partition coefficient (Wildman–Crippen LogP) is 12.1. The number of nitrogens with zero attached hydrogens (tertiary/aromatic N) is 4. The van der Waals surface area contributed by atoms with Crippen LogP contribution in [-0.2, 0) is 0 Å². The third-order valence-corrected chi connectivity index (χ3v) is 18.0. The smallest absolute Gasteiger partial charge is 0.179 e. The van der Waals surface area contributed by atoms with Crippen LogP contribution in [-0.4, -0.2) is 24.3 Å². The molecule has 0 saturated heterocycles. The lowest BCUT2D eigenvalue weighted by atomic mass is 9.95. The van der Waals surface area contributed by atoms with E-state index in [4.69, 9.17) is 4.98 Å². The van der Waals surface area contributed by atoms with E-state index in [-0.39, 0.29) is 0 Å². The van der Waals surface area contributed by atoms with Crippen molar-refractivity contribution in [1.29, 1.82) is 0 Å². The van der Waals surface area contributed by atoms with Gasteiger partial charge in [-0.2, -0.15) is 0 Å². The Hall–Kier alpha value is -8.25. The molecule has 65 heavy (non-hydrogen) atoms. The summed E-state index contributed by atoms with van der Waals surface area (Å²) in [5.41, 5.74) is 11.7. The van der Waals surface area contributed by atoms with Gasteiger partial charge in [0.05, 0.1) is 22.4 Å². The first-order valence-corrected chi connectivity index (χ1v) is 24.3. The Bertz CT molecular complexity index is 3440. The van der Waals surface area contributed by atoms with Gasteiger partial charge in [-0.05, 0) is 104 Å². The second-order valence-corrected chi connectivity index (χ2v) is 20.6. The lowest BCUT2D eigenvalue weighted by Crippen LogP contribution is -2.74. The molecule has 4 nitrogen and oxygen atoms in total. The molecule has 0 aliphatic carbocycles. The third-order valence-electron chi connectivity index (χ3n) is 13.2. The van der Waals surface area contributed by atoms with Gasteiger partial charge in [-0.15, -0.1) is 0 Å². The van der Waals surface area contributed by atoms with Crippen molar-refractivity contribution in [2.75, 3.05) is 16.5 Å². The van der Waals surface area contributed by atoms with E-state index in [2.05, 4.69) is 263 Å². The molecule has 0 bridgehead atoms. The van der Waals surface area contributed by atoms with Crippen LogP contribution in [0.1, 0.15) is 0 Å². The second kappa shape index (κ2) is 16.1. The fraction of sp³-hybridized carbons (Fsp3) is 0.0167. The van der Waals surface area contributed by atoms with Gasteiger partial charge in [0.1, 0.15) is 12.5 Å². The number of rotatable bonds is 9. The first-order chi connectivity index (χ1) is 32.3. The molecule has 2 aromatic heterocycles. The Morgan fingerprint density at radius 1 is 0.354 bits per heavy atom. The van der Waals surface area contributed by atoms with Crippen molar-refractivity contribution < 1.29 is 0 Å². The highest BCUT2D eigenvalue weighted by Crippen LogP contribution is 2.44. The van der Waals surface area contributed by atoms with Gasteiger partial charge in [-0.3, -0.25) is 4.57 Å². The van der Waals surface area contributed by atoms with Crippen molar-refractivity contribution >= 4 is 73.4 Å². The number of para-hydroxylation sites is 4. The van der Waals surface area contributed by atoms with E-state index in [1.54, 1.807) is 0 Å². The Balaban J connectivity index is 1.08. The zero-order valence-electron chi connectivity index (χ0n) is 35.7. The average molecular weight is 849 g/mol. The number of pyridine rings is 1. The average Bonchev–Trinajstić information content (AvgIpc) is 3.94. The van der Waals surface area contributed by atoms with Gasteiger partial charge in [-0.1, -0.05) is 188 Å². The standard InChI is InChI=1S/C60H44N4Si/c1-5-20-44(21-6-1)52-30-13-14-31-53(52)45-38-39-61-60(40-45)64-56-33-16-15-32-54(56)55-37-36-51(42-59(55)64)65(48-25-9-3-10-26-48,49-27-11-4-12-28-49)50-29-19-24-47(41-50)63-43-62(46-22-7-2-8-23-46)57-34-17-18-35-58(57)63/h1-42H,43H2. The molecule has 0 saturated carbocycles. The maximum Gasteiger partial charge on any atom is 0.179 e. The highest BCUT2D eigenvalue weighted by atomic mass is 28.3. The van der Waals surface area contributed by atoms with Gasteiger partial charge < -0.3 is 9.80 Å². The van der Waals surface area contributed by atoms with Gasteiger partial charge in [0.25, 0.3) is 0 Å². The molecular weight excluding hydrogens is 805 g/mol. The van der Waals surface area contributed by atoms with Gasteiger partial charge in [0, 0.05) is 28.3 Å². The molecule has 0 amide bonds. The largest absolute Gasteiger partial charge is 0.321 e. The van der Waals surface area contributed by atoms with Crippen LogP contribution in [0.3, 0.4) is 0 Å². The van der Waals surface area contributed by atoms with Crippen LogP contribution >= 0.6 is 0 Å². The zero-order valence-corrected chi connectivity index (χ0v) is 36.7. The normalized spacial score (nSPS) is 12.5. The summed E-state index contributed by atoms with van der Waals surface area (Å²) in [6.45, 7) is 0.714. The van der Waals surface area contributed by atoms with Gasteiger partial charge >= 0.3 is 0 Å². The zero-order chi connectivity index (χ0) is 43.2. The van der Waals surface area contributed by atoms with E-state index in [1.165, 1.54) is 71.0 Å². The number of aromatic nitrogens is 2. The molecule has 1 aliphatic rings. The summed E-state index contributed by atoms with van der Waals surface area (Å²) in [5.74, 6) is 0.887. The molecular formula is C60H44N4Si. The van der Waals surface area contributed by atoms with Crippen molar-refractivity contribution in [2.24, 2.45) is 0 Å². The number of hydrogen-bond donors (Lipinski definition) is 0. The molecule has 3 heterocycles. The number of hydrogen-bond acceptors (Lipinski definition) is 3. The van der Waals surface area contributed by atoms with Crippen molar-refractivity contribution in [3.8, 4) is 28.1 Å². The summed E-state index contributed by atoms with van der Waals surface area (Å²) in [4.78, 5) is 10.0. The fourth-order valence-corrected chi connectivity index (χ4v) is 15.1. The molecule has 0 spiro atoms. The second-order valence-electron chi connectivity index (χ2n) is 16.8. The molecule has 12 rings (SSSR count). The van der Waals surface area contributed by atoms with Crippen molar-refractivity contribution in [1.82, 2.24) is 9.55 Å². The van der Waals surface area contributed by atoms with Crippen LogP contribution < -0.4 is 30.5 Å². The highest BCUT2D eigenvalue weighted by molar-refractivity contribution is 7.20. The number of anilines is 4. The maximum absolute atomic E-state index is 5.14. The van der Waals surface area contributed by atoms with Crippen molar-refractivity contribution in [2.45, 2.75) is 0 Å². The van der Waals surface area contributed by atoms with Crippen LogP contribution in [0.2, 0.25) is 0 Å². The third kappa shape index (κ3) is 6.47. The molecule has 0 unspecified atom stereocenters. The molecule has 0 radical (unpaired) electrons. The Kier molecular flexibility index (Phi) is 9.54. The summed E-state index contributed by atoms with van der Waals surface area (Å²) >= 11 is 0. The minimum Gasteiger partial charge on any atom is -0.321 e. The minimum absolute atomic E-state index is 0.714. The Morgan fingerprint density at radius 2 is 0.877 bits per heavy atom. The van der Waals surface area contributed by atoms with E-state index in [0.29, 0.717) is 6.67 Å². The summed E-state index contributed by atoms with van der Waals surface area (Å²) in [6.07, 6.45) is 1.96. The molecule has 0 fully saturated rings. The summed E-state index contributed by atoms with van der Waals surface area (Å²) < 4.78 is 2.38. The minimum atomic E-state index is -3.03. The van der Waals surface area contributed by atoms with E-state index in [0.717, 1.165) is 22.4 Å². The SMILES string of the molecule is c1ccc(-c2ccccc2-c2ccnc(-n3c4ccccc4c4ccc([Si](c5ccccc5)(c5ccccc5)c5cccc(N6CN(c7ccccc7)c7ccccc76)c5)cc43)c2)cc1. The van der Waals surface area contributed by atoms with Crippen molar-refractivity contribution in [3.05, 3.63) is 255 Å². The quantitative estimate of drug-likeness (QED) is 0.107. The van der Waals surface area contributed by atoms with Crippen LogP contribution in [0.25, 0.3) is 49.9 Å². The topological polar surface area (TPSA) is 24.3 Å². The van der Waals surface area contributed by atoms with Gasteiger partial charge in [-0.25, -0.2) is 4.98 Å². The number of fused-ring (bicyclic) bond motifs is 4. The van der Waals surface area contributed by atoms with E-state index in [9.17, 15) is 0 Å². The summed E-state index contributed by atoms with van der Waals surface area (Å²) in [6, 6.07) is 91.2. The first-order valence-electron chi connectivity index (χ1n) is 22.3. The van der Waals surface area contributed by atoms with Gasteiger partial charge in [0.15, 0.2) is 8.07 Å². The van der Waals surface area contributed by atoms with Crippen LogP contribution in [0.4, 0.5) is 22.7 Å². The molecule has 0 N–H and O–H groups in total. The van der Waals surface area contributed by atoms with Crippen LogP contribution in [0, 0.1) is 0 Å². The van der Waals surface area contributed by atoms with E-state index < -0.39 is 8.07 Å². The molecule has 308 valence electrons. The fourth-order valence-electron chi connectivity index (χ4n) is 10.3. The predicted molar refractivity (Wildman–Crippen MR) is 275 cm³/mol. The van der Waals surface area contributed by atoms with Crippen LogP contribution in [0.15, 0.2) is 255 Å². The monoisotopic (exact) mass is 848 g/mol. The molecule has 0 atom stereocenters. The first kappa shape index (κ1) is 38.4. The summed E-state index contributed by atoms with van der Waals surface area (Å²) in [7, 11) is -3.03. The maximum atomic E-state index is 5.14. The van der Waals surface area contributed by atoms with E-state index in [1.807, 2.05) is 6.20 Å². The molecule has 11 aromatic rings. The lowest BCUT2D eigenvalue weighted by molar-refractivity contribution is 0.992. The van der Waals surface area contributed by atoms with Crippen LogP contribution in [0.5, 0.6) is 0 Å². The Morgan fingerprint density at radius 3 is 1.58 bits per heavy atom. The van der Waals surface area contributed by atoms with Crippen molar-refractivity contribution in [3.63, 3.8) is 0 Å². The summed E-state index contributed by atoms with van der Waals surface area (Å²) in [5, 5.41) is 7.69. The molecule has 1 aliphatic heterocycles.